The molecular formula is C14H12FNO3. The Hall–Kier alpha value is -2.40. The molecular weight excluding hydrogens is 249 g/mol. The fourth-order valence-electron chi connectivity index (χ4n) is 1.79. The molecule has 4 nitrogen and oxygen atoms in total. The molecule has 5 heteroatoms. The van der Waals surface area contributed by atoms with E-state index >= 15 is 0 Å². The van der Waals surface area contributed by atoms with Crippen molar-refractivity contribution >= 4 is 5.97 Å². The lowest BCUT2D eigenvalue weighted by molar-refractivity contribution is 0.0692. The molecule has 0 aliphatic carbocycles. The van der Waals surface area contributed by atoms with Crippen molar-refractivity contribution in [3.8, 4) is 5.75 Å². The number of aromatic carboxylic acids is 1. The number of halogens is 1. The average Bonchev–Trinajstić information content (AvgIpc) is 2.41. The van der Waals surface area contributed by atoms with Crippen molar-refractivity contribution in [2.24, 2.45) is 5.90 Å². The standard InChI is InChI=1S/C14H12FNO3/c15-11-4-1-9(2-5-11)7-10-3-6-13(19-16)12(8-10)14(17)18/h1-6,8H,7,16H2,(H,17,18). The number of carbonyl (C=O) groups is 1. The van der Waals surface area contributed by atoms with Crippen LogP contribution in [0.15, 0.2) is 42.5 Å². The monoisotopic (exact) mass is 261 g/mol. The lowest BCUT2D eigenvalue weighted by Crippen LogP contribution is -2.08. The van der Waals surface area contributed by atoms with Gasteiger partial charge in [-0.3, -0.25) is 0 Å². The highest BCUT2D eigenvalue weighted by atomic mass is 19.1. The summed E-state index contributed by atoms with van der Waals surface area (Å²) in [6.07, 6.45) is 0.505. The van der Waals surface area contributed by atoms with Gasteiger partial charge in [0.2, 0.25) is 0 Å². The van der Waals surface area contributed by atoms with Gasteiger partial charge in [-0.25, -0.2) is 9.18 Å². The first kappa shape index (κ1) is 13.0. The molecule has 0 radical (unpaired) electrons. The molecule has 0 aliphatic heterocycles. The van der Waals surface area contributed by atoms with Crippen LogP contribution in [0.2, 0.25) is 0 Å². The third-order valence-electron chi connectivity index (χ3n) is 2.72. The van der Waals surface area contributed by atoms with Gasteiger partial charge in [-0.2, -0.15) is 5.90 Å². The Labute approximate surface area is 109 Å². The van der Waals surface area contributed by atoms with Gasteiger partial charge in [-0.05, 0) is 41.8 Å². The van der Waals surface area contributed by atoms with Gasteiger partial charge in [-0.15, -0.1) is 0 Å². The second-order valence-corrected chi connectivity index (χ2v) is 4.06. The van der Waals surface area contributed by atoms with Gasteiger partial charge < -0.3 is 9.94 Å². The molecule has 3 N–H and O–H groups in total. The predicted octanol–water partition coefficient (Wildman–Crippen LogP) is 2.37. The molecule has 0 saturated heterocycles. The van der Waals surface area contributed by atoms with E-state index in [1.165, 1.54) is 24.3 Å². The van der Waals surface area contributed by atoms with Gasteiger partial charge in [0.15, 0.2) is 5.75 Å². The molecule has 0 unspecified atom stereocenters. The molecule has 0 bridgehead atoms. The van der Waals surface area contributed by atoms with Crippen molar-refractivity contribution in [3.63, 3.8) is 0 Å². The largest absolute Gasteiger partial charge is 0.478 e. The highest BCUT2D eigenvalue weighted by Gasteiger charge is 2.12. The SMILES string of the molecule is NOc1ccc(Cc2ccc(F)cc2)cc1C(=O)O. The number of hydrogen-bond acceptors (Lipinski definition) is 3. The van der Waals surface area contributed by atoms with Gasteiger partial charge in [-0.1, -0.05) is 18.2 Å². The summed E-state index contributed by atoms with van der Waals surface area (Å²) in [7, 11) is 0. The summed E-state index contributed by atoms with van der Waals surface area (Å²) in [4.78, 5) is 15.5. The highest BCUT2D eigenvalue weighted by molar-refractivity contribution is 5.91. The Morgan fingerprint density at radius 1 is 1.16 bits per heavy atom. The zero-order valence-corrected chi connectivity index (χ0v) is 9.97. The lowest BCUT2D eigenvalue weighted by atomic mass is 10.0. The van der Waals surface area contributed by atoms with Crippen molar-refractivity contribution in [2.75, 3.05) is 0 Å². The summed E-state index contributed by atoms with van der Waals surface area (Å²) in [5.74, 6) is 3.70. The molecule has 0 aromatic heterocycles. The van der Waals surface area contributed by atoms with Crippen LogP contribution in [0, 0.1) is 5.82 Å². The molecule has 2 rings (SSSR count). The fraction of sp³-hybridized carbons (Fsp3) is 0.0714. The van der Waals surface area contributed by atoms with Crippen molar-refractivity contribution in [1.82, 2.24) is 0 Å². The second-order valence-electron chi connectivity index (χ2n) is 4.06. The first-order valence-corrected chi connectivity index (χ1v) is 5.57. The molecule has 2 aromatic rings. The van der Waals surface area contributed by atoms with E-state index in [0.717, 1.165) is 11.1 Å². The van der Waals surface area contributed by atoms with E-state index in [4.69, 9.17) is 11.0 Å². The van der Waals surface area contributed by atoms with E-state index in [1.807, 2.05) is 0 Å². The van der Waals surface area contributed by atoms with E-state index < -0.39 is 5.97 Å². The van der Waals surface area contributed by atoms with Crippen LogP contribution >= 0.6 is 0 Å². The molecule has 0 aliphatic rings. The smallest absolute Gasteiger partial charge is 0.339 e. The van der Waals surface area contributed by atoms with Gasteiger partial charge in [0.1, 0.15) is 11.4 Å². The Morgan fingerprint density at radius 2 is 1.79 bits per heavy atom. The lowest BCUT2D eigenvalue weighted by Gasteiger charge is -2.07. The quantitative estimate of drug-likeness (QED) is 0.829. The van der Waals surface area contributed by atoms with Crippen LogP contribution in [0.5, 0.6) is 5.75 Å². The number of carboxylic acids is 1. The second kappa shape index (κ2) is 5.49. The van der Waals surface area contributed by atoms with Crippen molar-refractivity contribution in [1.29, 1.82) is 0 Å². The fourth-order valence-corrected chi connectivity index (χ4v) is 1.79. The molecule has 98 valence electrons. The number of hydrogen-bond donors (Lipinski definition) is 2. The molecule has 0 fully saturated rings. The van der Waals surface area contributed by atoms with Crippen LogP contribution in [0.4, 0.5) is 4.39 Å². The Bertz CT molecular complexity index is 596. The van der Waals surface area contributed by atoms with Gasteiger partial charge in [0.25, 0.3) is 0 Å². The molecule has 0 saturated carbocycles. The topological polar surface area (TPSA) is 72.5 Å². The maximum absolute atomic E-state index is 12.8. The molecule has 0 amide bonds. The van der Waals surface area contributed by atoms with Crippen molar-refractivity contribution in [2.45, 2.75) is 6.42 Å². The van der Waals surface area contributed by atoms with E-state index in [9.17, 15) is 9.18 Å². The van der Waals surface area contributed by atoms with Crippen molar-refractivity contribution < 1.29 is 19.1 Å². The summed E-state index contributed by atoms with van der Waals surface area (Å²) < 4.78 is 12.8. The van der Waals surface area contributed by atoms with Gasteiger partial charge in [0.05, 0.1) is 0 Å². The molecule has 0 atom stereocenters. The van der Waals surface area contributed by atoms with Gasteiger partial charge in [0, 0.05) is 0 Å². The maximum Gasteiger partial charge on any atom is 0.339 e. The highest BCUT2D eigenvalue weighted by Crippen LogP contribution is 2.21. The Kier molecular flexibility index (Phi) is 3.77. The third-order valence-corrected chi connectivity index (χ3v) is 2.72. The van der Waals surface area contributed by atoms with Crippen LogP contribution in [0.25, 0.3) is 0 Å². The Morgan fingerprint density at radius 3 is 2.37 bits per heavy atom. The zero-order valence-electron chi connectivity index (χ0n) is 9.97. The molecule has 0 heterocycles. The van der Waals surface area contributed by atoms with Crippen LogP contribution in [0.3, 0.4) is 0 Å². The first-order chi connectivity index (χ1) is 9.10. The number of benzene rings is 2. The predicted molar refractivity (Wildman–Crippen MR) is 67.4 cm³/mol. The number of carboxylic acid groups (broad SMARTS) is 1. The van der Waals surface area contributed by atoms with Crippen LogP contribution in [-0.4, -0.2) is 11.1 Å². The van der Waals surface area contributed by atoms with Crippen LogP contribution < -0.4 is 10.7 Å². The number of nitrogens with two attached hydrogens (primary N) is 1. The van der Waals surface area contributed by atoms with Crippen LogP contribution in [-0.2, 0) is 6.42 Å². The van der Waals surface area contributed by atoms with Crippen LogP contribution in [0.1, 0.15) is 21.5 Å². The van der Waals surface area contributed by atoms with E-state index in [-0.39, 0.29) is 17.1 Å². The third kappa shape index (κ3) is 3.08. The van der Waals surface area contributed by atoms with E-state index in [0.29, 0.717) is 6.42 Å². The minimum Gasteiger partial charge on any atom is -0.478 e. The normalized spacial score (nSPS) is 10.2. The molecule has 2 aromatic carbocycles. The summed E-state index contributed by atoms with van der Waals surface area (Å²) >= 11 is 0. The molecule has 0 spiro atoms. The summed E-state index contributed by atoms with van der Waals surface area (Å²) in [6.45, 7) is 0. The zero-order chi connectivity index (χ0) is 13.8. The first-order valence-electron chi connectivity index (χ1n) is 5.57. The maximum atomic E-state index is 12.8. The summed E-state index contributed by atoms with van der Waals surface area (Å²) in [5, 5.41) is 9.04. The summed E-state index contributed by atoms with van der Waals surface area (Å²) in [6, 6.07) is 10.8. The van der Waals surface area contributed by atoms with E-state index in [2.05, 4.69) is 4.84 Å². The minimum atomic E-state index is -1.11. The minimum absolute atomic E-state index is 0.00196. The number of rotatable bonds is 4. The Balaban J connectivity index is 2.28. The van der Waals surface area contributed by atoms with Gasteiger partial charge >= 0.3 is 5.97 Å². The average molecular weight is 261 g/mol. The summed E-state index contributed by atoms with van der Waals surface area (Å²) in [5.41, 5.74) is 1.67. The molecule has 19 heavy (non-hydrogen) atoms. The van der Waals surface area contributed by atoms with Crippen molar-refractivity contribution in [3.05, 3.63) is 65.0 Å². The van der Waals surface area contributed by atoms with E-state index in [1.54, 1.807) is 18.2 Å².